The summed E-state index contributed by atoms with van der Waals surface area (Å²) in [4.78, 5) is 1.20. The van der Waals surface area contributed by atoms with E-state index in [0.29, 0.717) is 0 Å². The number of allylic oxidation sites excluding steroid dienone is 1. The highest BCUT2D eigenvalue weighted by molar-refractivity contribution is 8.03. The lowest BCUT2D eigenvalue weighted by Gasteiger charge is -1.93. The van der Waals surface area contributed by atoms with Crippen molar-refractivity contribution in [3.63, 3.8) is 0 Å². The molecule has 0 nitrogen and oxygen atoms in total. The van der Waals surface area contributed by atoms with Gasteiger partial charge in [-0.05, 0) is 59.7 Å². The number of unbranched alkanes of at least 4 members (excludes halogenated alkanes) is 2. The van der Waals surface area contributed by atoms with E-state index in [1.807, 2.05) is 42.5 Å². The van der Waals surface area contributed by atoms with Crippen molar-refractivity contribution in [2.75, 3.05) is 0 Å². The molecule has 0 bridgehead atoms. The summed E-state index contributed by atoms with van der Waals surface area (Å²) in [5.41, 5.74) is 1.19. The van der Waals surface area contributed by atoms with Crippen LogP contribution in [0.1, 0.15) is 24.8 Å². The molecule has 0 aliphatic heterocycles. The van der Waals surface area contributed by atoms with Gasteiger partial charge in [-0.2, -0.15) is 0 Å². The maximum atomic E-state index is 5.85. The molecule has 0 spiro atoms. The molecule has 106 valence electrons. The zero-order valence-electron chi connectivity index (χ0n) is 11.8. The van der Waals surface area contributed by atoms with Crippen LogP contribution in [0.25, 0.3) is 6.08 Å². The molecule has 2 heteroatoms. The van der Waals surface area contributed by atoms with Crippen molar-refractivity contribution in [2.45, 2.75) is 24.2 Å². The Bertz CT molecular complexity index is 618. The number of thioether (sulfide) groups is 1. The zero-order valence-corrected chi connectivity index (χ0v) is 13.3. The summed E-state index contributed by atoms with van der Waals surface area (Å²) in [6, 6.07) is 18.1. The Balaban J connectivity index is 1.63. The first-order valence-electron chi connectivity index (χ1n) is 6.96. The second-order valence-corrected chi connectivity index (χ2v) is 5.86. The average molecular weight is 313 g/mol. The maximum absolute atomic E-state index is 5.85. The molecule has 0 unspecified atom stereocenters. The quantitative estimate of drug-likeness (QED) is 0.356. The molecule has 0 aliphatic carbocycles. The van der Waals surface area contributed by atoms with Crippen molar-refractivity contribution >= 4 is 29.4 Å². The summed E-state index contributed by atoms with van der Waals surface area (Å²) >= 11 is 7.44. The maximum Gasteiger partial charge on any atom is 0.0406 e. The number of benzene rings is 2. The molecular formula is C19H17ClS. The first kappa shape index (κ1) is 15.8. The topological polar surface area (TPSA) is 0 Å². The van der Waals surface area contributed by atoms with E-state index in [9.17, 15) is 0 Å². The fourth-order valence-electron chi connectivity index (χ4n) is 1.74. The monoisotopic (exact) mass is 312 g/mol. The Kier molecular flexibility index (Phi) is 7.01. The third kappa shape index (κ3) is 6.58. The Morgan fingerprint density at radius 3 is 2.52 bits per heavy atom. The number of hydrogen-bond donors (Lipinski definition) is 0. The highest BCUT2D eigenvalue weighted by atomic mass is 35.5. The lowest BCUT2D eigenvalue weighted by atomic mass is 10.1. The fourth-order valence-corrected chi connectivity index (χ4v) is 2.45. The smallest absolute Gasteiger partial charge is 0.0406 e. The minimum absolute atomic E-state index is 0.776. The van der Waals surface area contributed by atoms with Crippen LogP contribution in [-0.4, -0.2) is 0 Å². The van der Waals surface area contributed by atoms with Crippen molar-refractivity contribution < 1.29 is 0 Å². The van der Waals surface area contributed by atoms with Gasteiger partial charge in [-0.3, -0.25) is 0 Å². The van der Waals surface area contributed by atoms with Gasteiger partial charge < -0.3 is 0 Å². The van der Waals surface area contributed by atoms with E-state index in [1.54, 1.807) is 11.8 Å². The first-order valence-corrected chi connectivity index (χ1v) is 8.16. The van der Waals surface area contributed by atoms with E-state index >= 15 is 0 Å². The molecule has 2 aromatic rings. The molecule has 0 saturated heterocycles. The molecule has 0 amide bonds. The van der Waals surface area contributed by atoms with Gasteiger partial charge in [0.2, 0.25) is 0 Å². The summed E-state index contributed by atoms with van der Waals surface area (Å²) < 4.78 is 0. The summed E-state index contributed by atoms with van der Waals surface area (Å²) in [7, 11) is 0. The molecule has 0 fully saturated rings. The Morgan fingerprint density at radius 2 is 1.76 bits per heavy atom. The molecule has 0 aliphatic rings. The summed E-state index contributed by atoms with van der Waals surface area (Å²) in [6.45, 7) is 0. The number of rotatable bonds is 5. The van der Waals surface area contributed by atoms with Gasteiger partial charge in [-0.15, -0.1) is 0 Å². The van der Waals surface area contributed by atoms with Gasteiger partial charge in [-0.1, -0.05) is 60.0 Å². The van der Waals surface area contributed by atoms with Crippen LogP contribution in [0, 0.1) is 11.2 Å². The molecular weight excluding hydrogens is 296 g/mol. The van der Waals surface area contributed by atoms with Gasteiger partial charge in [0.25, 0.3) is 0 Å². The first-order chi connectivity index (χ1) is 10.3. The summed E-state index contributed by atoms with van der Waals surface area (Å²) in [5, 5.41) is 3.92. The van der Waals surface area contributed by atoms with E-state index < -0.39 is 0 Å². The molecule has 0 saturated carbocycles. The van der Waals surface area contributed by atoms with Crippen LogP contribution in [0.5, 0.6) is 0 Å². The average Bonchev–Trinajstić information content (AvgIpc) is 2.53. The van der Waals surface area contributed by atoms with Gasteiger partial charge in [0, 0.05) is 16.3 Å². The predicted molar refractivity (Wildman–Crippen MR) is 94.4 cm³/mol. The SMILES string of the molecule is Clc1ccc(C=CCCCC#CSc2ccccc2)cc1. The highest BCUT2D eigenvalue weighted by Gasteiger charge is 1.88. The van der Waals surface area contributed by atoms with Gasteiger partial charge in [-0.25, -0.2) is 0 Å². The normalized spacial score (nSPS) is 10.3. The summed E-state index contributed by atoms with van der Waals surface area (Å²) in [6.07, 6.45) is 7.39. The van der Waals surface area contributed by atoms with Crippen molar-refractivity contribution in [3.05, 3.63) is 71.3 Å². The van der Waals surface area contributed by atoms with E-state index in [1.165, 1.54) is 10.5 Å². The Morgan fingerprint density at radius 1 is 1.00 bits per heavy atom. The minimum atomic E-state index is 0.776. The standard InChI is InChI=1S/C19H17ClS/c20-18-14-12-17(13-15-18)9-5-2-1-3-8-16-21-19-10-6-4-7-11-19/h4-7,9-15H,1-3H2. The molecule has 0 aromatic heterocycles. The second kappa shape index (κ2) is 9.34. The van der Waals surface area contributed by atoms with Crippen molar-refractivity contribution in [1.82, 2.24) is 0 Å². The number of hydrogen-bond acceptors (Lipinski definition) is 1. The van der Waals surface area contributed by atoms with Gasteiger partial charge in [0.15, 0.2) is 0 Å². The molecule has 0 radical (unpaired) electrons. The van der Waals surface area contributed by atoms with Crippen molar-refractivity contribution in [1.29, 1.82) is 0 Å². The van der Waals surface area contributed by atoms with Crippen molar-refractivity contribution in [2.24, 2.45) is 0 Å². The van der Waals surface area contributed by atoms with Crippen LogP contribution >= 0.6 is 23.4 Å². The molecule has 0 N–H and O–H groups in total. The van der Waals surface area contributed by atoms with Crippen LogP contribution in [-0.2, 0) is 0 Å². The minimum Gasteiger partial charge on any atom is -0.0909 e. The van der Waals surface area contributed by atoms with Gasteiger partial charge in [0.05, 0.1) is 0 Å². The van der Waals surface area contributed by atoms with Crippen molar-refractivity contribution in [3.8, 4) is 11.2 Å². The van der Waals surface area contributed by atoms with Crippen LogP contribution in [0.2, 0.25) is 5.02 Å². The van der Waals surface area contributed by atoms with E-state index in [2.05, 4.69) is 35.5 Å². The largest absolute Gasteiger partial charge is 0.0909 e. The predicted octanol–water partition coefficient (Wildman–Crippen LogP) is 6.28. The van der Waals surface area contributed by atoms with E-state index in [4.69, 9.17) is 11.6 Å². The molecule has 0 heterocycles. The highest BCUT2D eigenvalue weighted by Crippen LogP contribution is 2.15. The van der Waals surface area contributed by atoms with Crippen LogP contribution < -0.4 is 0 Å². The third-order valence-corrected chi connectivity index (χ3v) is 3.84. The third-order valence-electron chi connectivity index (χ3n) is 2.84. The molecule has 21 heavy (non-hydrogen) atoms. The zero-order chi connectivity index (χ0) is 14.8. The van der Waals surface area contributed by atoms with Crippen LogP contribution in [0.4, 0.5) is 0 Å². The van der Waals surface area contributed by atoms with Gasteiger partial charge in [0.1, 0.15) is 0 Å². The Hall–Kier alpha value is -1.62. The van der Waals surface area contributed by atoms with Crippen LogP contribution in [0.3, 0.4) is 0 Å². The molecule has 2 aromatic carbocycles. The van der Waals surface area contributed by atoms with E-state index in [0.717, 1.165) is 24.3 Å². The molecule has 0 atom stereocenters. The van der Waals surface area contributed by atoms with Crippen LogP contribution in [0.15, 0.2) is 65.6 Å². The Labute approximate surface area is 136 Å². The number of halogens is 1. The second-order valence-electron chi connectivity index (χ2n) is 4.54. The lowest BCUT2D eigenvalue weighted by molar-refractivity contribution is 0.888. The lowest BCUT2D eigenvalue weighted by Crippen LogP contribution is -1.72. The van der Waals surface area contributed by atoms with E-state index in [-0.39, 0.29) is 0 Å². The van der Waals surface area contributed by atoms with Gasteiger partial charge >= 0.3 is 0 Å². The molecule has 2 rings (SSSR count). The summed E-state index contributed by atoms with van der Waals surface area (Å²) in [5.74, 6) is 3.20. The fraction of sp³-hybridized carbons (Fsp3) is 0.158.